The van der Waals surface area contributed by atoms with Gasteiger partial charge in [0.15, 0.2) is 0 Å². The van der Waals surface area contributed by atoms with Crippen molar-refractivity contribution in [1.82, 2.24) is 0 Å². The number of allylic oxidation sites excluding steroid dienone is 4. The number of carbonyl (C=O) groups excluding carboxylic acids is 4. The van der Waals surface area contributed by atoms with Gasteiger partial charge in [-0.25, -0.2) is 36.0 Å². The van der Waals surface area contributed by atoms with Gasteiger partial charge in [-0.3, -0.25) is 0 Å². The molecule has 0 unspecified atom stereocenters. The molecular weight excluding hydrogens is 1140 g/mol. The van der Waals surface area contributed by atoms with Crippen LogP contribution in [-0.2, 0) is 39.2 Å². The van der Waals surface area contributed by atoms with Gasteiger partial charge in [-0.1, -0.05) is 245 Å². The molecule has 0 spiro atoms. The summed E-state index contributed by atoms with van der Waals surface area (Å²) in [5.41, 5.74) is -1.90. The Labute approximate surface area is 544 Å². The summed E-state index contributed by atoms with van der Waals surface area (Å²) < 4.78 is 91.5. The summed E-state index contributed by atoms with van der Waals surface area (Å²) in [6.07, 6.45) is 57.9. The average Bonchev–Trinajstić information content (AvgIpc) is 3.62. The van der Waals surface area contributed by atoms with Crippen LogP contribution in [0.5, 0.6) is 0 Å². The number of rotatable bonds is 50. The van der Waals surface area contributed by atoms with Gasteiger partial charge in [-0.05, 0) is 99.9 Å². The van der Waals surface area contributed by atoms with Gasteiger partial charge in [0.1, 0.15) is 20.2 Å². The first-order valence-corrected chi connectivity index (χ1v) is 35.1. The molecule has 0 aliphatic carbocycles. The summed E-state index contributed by atoms with van der Waals surface area (Å²) >= 11 is 0. The number of esters is 4. The summed E-state index contributed by atoms with van der Waals surface area (Å²) in [6, 6.07) is 6.91. The molecule has 0 amide bonds. The first-order chi connectivity index (χ1) is 40.6. The maximum absolute atomic E-state index is 12.8. The molecule has 0 bridgehead atoms. The molecule has 0 aromatic heterocycles. The smallest absolute Gasteiger partial charge is 0.744 e. The summed E-state index contributed by atoms with van der Waals surface area (Å²) in [5, 5.41) is 0. The normalized spacial score (nSPS) is 11.7. The number of carbonyl (C=O) groups is 4. The van der Waals surface area contributed by atoms with Gasteiger partial charge in [0.25, 0.3) is 0 Å². The van der Waals surface area contributed by atoms with Crippen LogP contribution in [0.3, 0.4) is 0 Å². The fourth-order valence-electron chi connectivity index (χ4n) is 9.49. The molecule has 17 heteroatoms. The number of hydrogen-bond acceptors (Lipinski definition) is 14. The molecule has 0 aliphatic heterocycles. The molecule has 0 aliphatic rings. The van der Waals surface area contributed by atoms with Crippen molar-refractivity contribution in [3.05, 3.63) is 108 Å². The molecule has 0 N–H and O–H groups in total. The van der Waals surface area contributed by atoms with E-state index in [0.29, 0.717) is 12.8 Å². The predicted octanol–water partition coefficient (Wildman–Crippen LogP) is 19.2. The van der Waals surface area contributed by atoms with Gasteiger partial charge in [0.05, 0.1) is 57.1 Å². The minimum Gasteiger partial charge on any atom is -0.744 e. The fourth-order valence-corrected chi connectivity index (χ4v) is 10.9. The molecule has 2 rings (SSSR count). The molecule has 476 valence electrons. The van der Waals surface area contributed by atoms with E-state index in [1.807, 2.05) is 0 Å². The Bertz CT molecular complexity index is 2260. The van der Waals surface area contributed by atoms with E-state index in [9.17, 15) is 45.1 Å². The fraction of sp³-hybridized carbons (Fsp3) is 0.647. The Morgan fingerprint density at radius 1 is 0.329 bits per heavy atom. The zero-order chi connectivity index (χ0) is 61.8. The van der Waals surface area contributed by atoms with Gasteiger partial charge in [-0.2, -0.15) is 0 Å². The minimum atomic E-state index is -5.04. The molecule has 2 aromatic carbocycles. The van der Waals surface area contributed by atoms with E-state index in [-0.39, 0.29) is 48.9 Å². The Kier molecular flexibility index (Phi) is 52.2. The molecule has 0 fully saturated rings. The van der Waals surface area contributed by atoms with Gasteiger partial charge < -0.3 is 28.1 Å². The third-order valence-electron chi connectivity index (χ3n) is 14.4. The van der Waals surface area contributed by atoms with E-state index in [2.05, 4.69) is 27.7 Å². The number of hydrogen-bond donors (Lipinski definition) is 0. The second-order valence-electron chi connectivity index (χ2n) is 21.8. The average molecular weight is 1250 g/mol. The van der Waals surface area contributed by atoms with Gasteiger partial charge >= 0.3 is 61.6 Å². The first kappa shape index (κ1) is 81.4. The maximum Gasteiger partial charge on any atom is 2.00 e. The van der Waals surface area contributed by atoms with Gasteiger partial charge in [0, 0.05) is 0 Å². The van der Waals surface area contributed by atoms with Crippen LogP contribution in [0.4, 0.5) is 0 Å². The quantitative estimate of drug-likeness (QED) is 0.0150. The summed E-state index contributed by atoms with van der Waals surface area (Å²) in [5.74, 6) is -4.07. The predicted molar refractivity (Wildman–Crippen MR) is 340 cm³/mol. The Morgan fingerprint density at radius 3 is 0.741 bits per heavy atom. The number of unbranched alkanes of at least 4 members (excludes halogenated alkanes) is 36. The zero-order valence-electron chi connectivity index (χ0n) is 52.6. The second-order valence-corrected chi connectivity index (χ2v) is 24.5. The van der Waals surface area contributed by atoms with Crippen molar-refractivity contribution in [2.75, 3.05) is 0 Å². The SMILES string of the molecule is CCCCCCCCCCC/C=C/OC(=O)c1cccc(S(=O)(=O)[O-])c1C(=O)O/C=C/CCCCCCCCCCC.CCCCCCCCCCC/C=C/OC(=O)c1cccc(S(=O)(=O)[O-])c1C(=O)O/C=C/CCCCCCCCCCC.[Ca+2]. The van der Waals surface area contributed by atoms with E-state index in [4.69, 9.17) is 18.9 Å². The third-order valence-corrected chi connectivity index (χ3v) is 16.2. The largest absolute Gasteiger partial charge is 2.00 e. The van der Waals surface area contributed by atoms with Crippen LogP contribution < -0.4 is 0 Å². The molecule has 0 saturated carbocycles. The van der Waals surface area contributed by atoms with E-state index in [1.54, 1.807) is 24.3 Å². The van der Waals surface area contributed by atoms with Gasteiger partial charge in [0.2, 0.25) is 0 Å². The molecule has 0 heterocycles. The van der Waals surface area contributed by atoms with Crippen molar-refractivity contribution in [2.24, 2.45) is 0 Å². The van der Waals surface area contributed by atoms with E-state index in [0.717, 1.165) is 89.2 Å². The van der Waals surface area contributed by atoms with Gasteiger partial charge in [-0.15, -0.1) is 0 Å². The monoisotopic (exact) mass is 1250 g/mol. The summed E-state index contributed by atoms with van der Waals surface area (Å²) in [4.78, 5) is 49.4. The van der Waals surface area contributed by atoms with Crippen LogP contribution in [0.25, 0.3) is 0 Å². The molecule has 2 aromatic rings. The molecule has 0 atom stereocenters. The maximum atomic E-state index is 12.8. The van der Waals surface area contributed by atoms with Crippen molar-refractivity contribution < 1.29 is 64.1 Å². The Hall–Kier alpha value is -3.64. The van der Waals surface area contributed by atoms with Crippen molar-refractivity contribution >= 4 is 81.9 Å². The van der Waals surface area contributed by atoms with Crippen LogP contribution in [0.15, 0.2) is 95.5 Å². The number of benzene rings is 2. The van der Waals surface area contributed by atoms with Crippen molar-refractivity contribution in [3.63, 3.8) is 0 Å². The van der Waals surface area contributed by atoms with Crippen molar-refractivity contribution in [1.29, 1.82) is 0 Å². The third kappa shape index (κ3) is 42.0. The van der Waals surface area contributed by atoms with Crippen LogP contribution in [0, 0.1) is 0 Å². The Balaban J connectivity index is 0.00000164. The molecule has 0 saturated heterocycles. The van der Waals surface area contributed by atoms with Crippen molar-refractivity contribution in [2.45, 2.75) is 294 Å². The molecule has 0 radical (unpaired) electrons. The van der Waals surface area contributed by atoms with Crippen LogP contribution in [0.2, 0.25) is 0 Å². The number of ether oxygens (including phenoxy) is 4. The van der Waals surface area contributed by atoms with Crippen molar-refractivity contribution in [3.8, 4) is 0 Å². The first-order valence-electron chi connectivity index (χ1n) is 32.3. The summed E-state index contributed by atoms with van der Waals surface area (Å²) in [7, 11) is -10.1. The Morgan fingerprint density at radius 2 is 0.529 bits per heavy atom. The summed E-state index contributed by atoms with van der Waals surface area (Å²) in [6.45, 7) is 8.84. The topological polar surface area (TPSA) is 220 Å². The van der Waals surface area contributed by atoms with E-state index < -0.39 is 65.0 Å². The minimum absolute atomic E-state index is 0. The molecule has 85 heavy (non-hydrogen) atoms. The van der Waals surface area contributed by atoms with Crippen LogP contribution in [0.1, 0.15) is 326 Å². The van der Waals surface area contributed by atoms with E-state index >= 15 is 0 Å². The molecule has 14 nitrogen and oxygen atoms in total. The zero-order valence-corrected chi connectivity index (χ0v) is 56.4. The van der Waals surface area contributed by atoms with Crippen LogP contribution in [-0.4, -0.2) is 87.6 Å². The van der Waals surface area contributed by atoms with E-state index in [1.165, 1.54) is 216 Å². The second kappa shape index (κ2) is 54.5. The standard InChI is InChI=1S/2C34H54O7S.Ca/c2*1-3-5-7-9-11-13-15-17-19-21-23-28-40-33(35)30-26-25-27-31(42(37,38)39)32(30)34(36)41-29-24-22-20-18-16-14-12-10-8-6-4-2;/h2*23-29H,3-22H2,1-2H3,(H,37,38,39);/q;;+2/p-2/b2*28-23+,29-24+;. The van der Waals surface area contributed by atoms with Crippen LogP contribution >= 0.6 is 0 Å². The molecular formula is C68H106CaO14S2.